The van der Waals surface area contributed by atoms with E-state index in [1.807, 2.05) is 25.1 Å². The van der Waals surface area contributed by atoms with Crippen LogP contribution >= 0.6 is 0 Å². The van der Waals surface area contributed by atoms with Gasteiger partial charge >= 0.3 is 5.97 Å². The highest BCUT2D eigenvalue weighted by Gasteiger charge is 2.10. The Morgan fingerprint density at radius 1 is 1.05 bits per heavy atom. The van der Waals surface area contributed by atoms with E-state index in [4.69, 9.17) is 4.74 Å². The van der Waals surface area contributed by atoms with Crippen molar-refractivity contribution < 1.29 is 14.3 Å². The third-order valence-electron chi connectivity index (χ3n) is 3.33. The number of hydrogen-bond donors (Lipinski definition) is 0. The van der Waals surface area contributed by atoms with E-state index in [9.17, 15) is 4.79 Å². The van der Waals surface area contributed by atoms with Gasteiger partial charge in [-0.15, -0.1) is 0 Å². The predicted octanol–water partition coefficient (Wildman–Crippen LogP) is 3.52. The molecule has 0 spiro atoms. The molecule has 0 aliphatic heterocycles. The Morgan fingerprint density at radius 2 is 1.82 bits per heavy atom. The molecule has 0 saturated carbocycles. The highest BCUT2D eigenvalue weighted by molar-refractivity contribution is 5.89. The van der Waals surface area contributed by atoms with Crippen LogP contribution in [0.15, 0.2) is 48.8 Å². The van der Waals surface area contributed by atoms with Gasteiger partial charge in [0, 0.05) is 0 Å². The number of carbonyl (C=O) groups is 1. The molecule has 0 atom stereocenters. The number of carbonyl (C=O) groups excluding carboxylic acids is 1. The molecular formula is C17H14N2O3. The van der Waals surface area contributed by atoms with E-state index in [0.717, 1.165) is 16.5 Å². The molecule has 0 amide bonds. The summed E-state index contributed by atoms with van der Waals surface area (Å²) in [4.78, 5) is 19.9. The van der Waals surface area contributed by atoms with Gasteiger partial charge in [-0.05, 0) is 42.8 Å². The SMILES string of the molecule is COC(=O)c1ccc(Oc2ncnc3cccc(C)c23)cc1. The van der Waals surface area contributed by atoms with Crippen LogP contribution in [-0.4, -0.2) is 23.0 Å². The maximum absolute atomic E-state index is 11.4. The zero-order valence-electron chi connectivity index (χ0n) is 12.2. The zero-order valence-corrected chi connectivity index (χ0v) is 12.2. The molecule has 0 aliphatic rings. The predicted molar refractivity (Wildman–Crippen MR) is 82.1 cm³/mol. The van der Waals surface area contributed by atoms with Crippen molar-refractivity contribution in [2.45, 2.75) is 6.92 Å². The van der Waals surface area contributed by atoms with Crippen molar-refractivity contribution in [1.82, 2.24) is 9.97 Å². The lowest BCUT2D eigenvalue weighted by Gasteiger charge is -2.09. The quantitative estimate of drug-likeness (QED) is 0.692. The summed E-state index contributed by atoms with van der Waals surface area (Å²) in [5.74, 6) is 0.708. The summed E-state index contributed by atoms with van der Waals surface area (Å²) in [6, 6.07) is 12.6. The highest BCUT2D eigenvalue weighted by atomic mass is 16.5. The fourth-order valence-corrected chi connectivity index (χ4v) is 2.21. The van der Waals surface area contributed by atoms with E-state index in [1.54, 1.807) is 24.3 Å². The topological polar surface area (TPSA) is 61.3 Å². The first-order valence-electron chi connectivity index (χ1n) is 6.75. The van der Waals surface area contributed by atoms with Gasteiger partial charge < -0.3 is 9.47 Å². The van der Waals surface area contributed by atoms with Crippen LogP contribution in [0.5, 0.6) is 11.6 Å². The lowest BCUT2D eigenvalue weighted by atomic mass is 10.1. The highest BCUT2D eigenvalue weighted by Crippen LogP contribution is 2.29. The molecule has 0 unspecified atom stereocenters. The molecule has 0 aliphatic carbocycles. The Kier molecular flexibility index (Phi) is 3.70. The van der Waals surface area contributed by atoms with Gasteiger partial charge in [0.25, 0.3) is 0 Å². The average Bonchev–Trinajstić information content (AvgIpc) is 2.55. The maximum atomic E-state index is 11.4. The molecule has 0 N–H and O–H groups in total. The first kappa shape index (κ1) is 14.0. The number of rotatable bonds is 3. The molecule has 0 fully saturated rings. The Morgan fingerprint density at radius 3 is 2.55 bits per heavy atom. The maximum Gasteiger partial charge on any atom is 0.337 e. The van der Waals surface area contributed by atoms with E-state index in [2.05, 4.69) is 14.7 Å². The molecule has 22 heavy (non-hydrogen) atoms. The van der Waals surface area contributed by atoms with Crippen molar-refractivity contribution in [2.75, 3.05) is 7.11 Å². The van der Waals surface area contributed by atoms with Crippen molar-refractivity contribution in [3.63, 3.8) is 0 Å². The van der Waals surface area contributed by atoms with E-state index >= 15 is 0 Å². The van der Waals surface area contributed by atoms with Crippen molar-refractivity contribution >= 4 is 16.9 Å². The summed E-state index contributed by atoms with van der Waals surface area (Å²) < 4.78 is 10.5. The second-order valence-corrected chi connectivity index (χ2v) is 4.77. The molecular weight excluding hydrogens is 280 g/mol. The van der Waals surface area contributed by atoms with E-state index in [-0.39, 0.29) is 5.97 Å². The first-order valence-corrected chi connectivity index (χ1v) is 6.75. The Labute approximate surface area is 127 Å². The number of nitrogens with zero attached hydrogens (tertiary/aromatic N) is 2. The summed E-state index contributed by atoms with van der Waals surface area (Å²) in [5.41, 5.74) is 2.34. The third-order valence-corrected chi connectivity index (χ3v) is 3.33. The summed E-state index contributed by atoms with van der Waals surface area (Å²) in [6.07, 6.45) is 1.47. The van der Waals surface area contributed by atoms with E-state index < -0.39 is 0 Å². The van der Waals surface area contributed by atoms with Crippen LogP contribution in [0.2, 0.25) is 0 Å². The number of fused-ring (bicyclic) bond motifs is 1. The molecule has 0 bridgehead atoms. The average molecular weight is 294 g/mol. The molecule has 3 rings (SSSR count). The van der Waals surface area contributed by atoms with Gasteiger partial charge in [-0.2, -0.15) is 0 Å². The van der Waals surface area contributed by atoms with Gasteiger partial charge in [-0.25, -0.2) is 14.8 Å². The van der Waals surface area contributed by atoms with Gasteiger partial charge in [0.05, 0.1) is 23.6 Å². The number of benzene rings is 2. The number of hydrogen-bond acceptors (Lipinski definition) is 5. The van der Waals surface area contributed by atoms with Crippen LogP contribution in [0.4, 0.5) is 0 Å². The fourth-order valence-electron chi connectivity index (χ4n) is 2.21. The molecule has 110 valence electrons. The van der Waals surface area contributed by atoms with Crippen LogP contribution in [0.3, 0.4) is 0 Å². The van der Waals surface area contributed by atoms with Gasteiger partial charge in [-0.1, -0.05) is 12.1 Å². The number of aryl methyl sites for hydroxylation is 1. The first-order chi connectivity index (χ1) is 10.7. The molecule has 5 nitrogen and oxygen atoms in total. The largest absolute Gasteiger partial charge is 0.465 e. The molecule has 0 saturated heterocycles. The Bertz CT molecular complexity index is 824. The summed E-state index contributed by atoms with van der Waals surface area (Å²) >= 11 is 0. The van der Waals surface area contributed by atoms with Crippen molar-refractivity contribution in [3.05, 3.63) is 59.9 Å². The molecule has 5 heteroatoms. The van der Waals surface area contributed by atoms with Crippen molar-refractivity contribution in [3.8, 4) is 11.6 Å². The monoisotopic (exact) mass is 294 g/mol. The van der Waals surface area contributed by atoms with Gasteiger partial charge in [0.2, 0.25) is 5.88 Å². The van der Waals surface area contributed by atoms with Crippen LogP contribution in [0.1, 0.15) is 15.9 Å². The second kappa shape index (κ2) is 5.81. The summed E-state index contributed by atoms with van der Waals surface area (Å²) in [5, 5.41) is 0.877. The number of ether oxygens (including phenoxy) is 2. The van der Waals surface area contributed by atoms with E-state index in [1.165, 1.54) is 13.4 Å². The third kappa shape index (κ3) is 2.61. The van der Waals surface area contributed by atoms with Crippen LogP contribution < -0.4 is 4.74 Å². The minimum Gasteiger partial charge on any atom is -0.465 e. The number of esters is 1. The normalized spacial score (nSPS) is 10.5. The lowest BCUT2D eigenvalue weighted by Crippen LogP contribution is -2.00. The van der Waals surface area contributed by atoms with Crippen molar-refractivity contribution in [2.24, 2.45) is 0 Å². The number of methoxy groups -OCH3 is 1. The lowest BCUT2D eigenvalue weighted by molar-refractivity contribution is 0.0600. The van der Waals surface area contributed by atoms with Crippen LogP contribution in [0, 0.1) is 6.92 Å². The van der Waals surface area contributed by atoms with Crippen LogP contribution in [-0.2, 0) is 4.74 Å². The molecule has 3 aromatic rings. The minimum absolute atomic E-state index is 0.380. The van der Waals surface area contributed by atoms with Gasteiger partial charge in [0.1, 0.15) is 12.1 Å². The smallest absolute Gasteiger partial charge is 0.337 e. The van der Waals surface area contributed by atoms with E-state index in [0.29, 0.717) is 17.2 Å². The zero-order chi connectivity index (χ0) is 15.5. The molecule has 1 heterocycles. The fraction of sp³-hybridized carbons (Fsp3) is 0.118. The van der Waals surface area contributed by atoms with Crippen LogP contribution in [0.25, 0.3) is 10.9 Å². The van der Waals surface area contributed by atoms with Gasteiger partial charge in [0.15, 0.2) is 0 Å². The summed E-state index contributed by atoms with van der Waals surface area (Å²) in [7, 11) is 1.35. The summed E-state index contributed by atoms with van der Waals surface area (Å²) in [6.45, 7) is 1.99. The Balaban J connectivity index is 1.95. The van der Waals surface area contributed by atoms with Gasteiger partial charge in [-0.3, -0.25) is 0 Å². The van der Waals surface area contributed by atoms with Crippen molar-refractivity contribution in [1.29, 1.82) is 0 Å². The minimum atomic E-state index is -0.380. The molecule has 0 radical (unpaired) electrons. The Hall–Kier alpha value is -2.95. The molecule has 1 aromatic heterocycles. The second-order valence-electron chi connectivity index (χ2n) is 4.77. The number of aromatic nitrogens is 2. The standard InChI is InChI=1S/C17H14N2O3/c1-11-4-3-5-14-15(11)16(19-10-18-14)22-13-8-6-12(7-9-13)17(20)21-2/h3-10H,1-2H3. The molecule has 2 aromatic carbocycles.